The molecular weight excluding hydrogens is 406 g/mol. The number of benzene rings is 2. The Morgan fingerprint density at radius 3 is 2.40 bits per heavy atom. The molecule has 0 fully saturated rings. The van der Waals surface area contributed by atoms with Crippen molar-refractivity contribution < 1.29 is 18.3 Å². The number of aromatic nitrogens is 1. The van der Waals surface area contributed by atoms with Gasteiger partial charge in [-0.1, -0.05) is 18.2 Å². The molecule has 0 atom stereocenters. The van der Waals surface area contributed by atoms with Crippen molar-refractivity contribution in [3.8, 4) is 5.75 Å². The summed E-state index contributed by atoms with van der Waals surface area (Å²) in [4.78, 5) is 19.8. The Bertz CT molecular complexity index is 1080. The molecule has 0 N–H and O–H groups in total. The van der Waals surface area contributed by atoms with Gasteiger partial charge in [-0.2, -0.15) is 0 Å². The van der Waals surface area contributed by atoms with Crippen LogP contribution in [0, 0.1) is 18.6 Å². The quantitative estimate of drug-likeness (QED) is 0.561. The van der Waals surface area contributed by atoms with Gasteiger partial charge in [-0.25, -0.2) is 13.8 Å². The first-order valence-electron chi connectivity index (χ1n) is 9.58. The fraction of sp³-hybridized carbons (Fsp3) is 0.217. The van der Waals surface area contributed by atoms with E-state index in [0.29, 0.717) is 34.4 Å². The summed E-state index contributed by atoms with van der Waals surface area (Å²) in [5.41, 5.74) is 2.78. The lowest BCUT2D eigenvalue weighted by Crippen LogP contribution is -2.34. The summed E-state index contributed by atoms with van der Waals surface area (Å²) < 4.78 is 31.7. The van der Waals surface area contributed by atoms with Gasteiger partial charge in [0, 0.05) is 13.1 Å². The van der Waals surface area contributed by atoms with Gasteiger partial charge in [0.25, 0.3) is 5.91 Å². The van der Waals surface area contributed by atoms with Crippen LogP contribution < -0.4 is 4.74 Å². The van der Waals surface area contributed by atoms with Crippen LogP contribution in [0.2, 0.25) is 0 Å². The molecule has 1 aliphatic rings. The van der Waals surface area contributed by atoms with E-state index < -0.39 is 0 Å². The molecule has 2 aromatic carbocycles. The molecule has 0 aliphatic carbocycles. The zero-order chi connectivity index (χ0) is 21.1. The van der Waals surface area contributed by atoms with E-state index in [-0.39, 0.29) is 24.1 Å². The number of halogens is 2. The van der Waals surface area contributed by atoms with Gasteiger partial charge in [0.2, 0.25) is 0 Å². The smallest absolute Gasteiger partial charge is 0.266 e. The van der Waals surface area contributed by atoms with Crippen LogP contribution in [-0.4, -0.2) is 28.9 Å². The third kappa shape index (κ3) is 4.57. The molecule has 4 rings (SSSR count). The van der Waals surface area contributed by atoms with E-state index >= 15 is 0 Å². The van der Waals surface area contributed by atoms with E-state index in [0.717, 1.165) is 17.6 Å². The molecular formula is C23H20F2N2O2S. The number of thiazole rings is 1. The molecule has 154 valence electrons. The van der Waals surface area contributed by atoms with Crippen molar-refractivity contribution in [3.63, 3.8) is 0 Å². The van der Waals surface area contributed by atoms with E-state index in [1.54, 1.807) is 29.2 Å². The normalized spacial score (nSPS) is 13.8. The van der Waals surface area contributed by atoms with Crippen molar-refractivity contribution in [3.05, 3.63) is 87.4 Å². The molecule has 0 unspecified atom stereocenters. The molecule has 0 saturated heterocycles. The summed E-state index contributed by atoms with van der Waals surface area (Å²) in [7, 11) is 0. The molecule has 4 nitrogen and oxygen atoms in total. The highest BCUT2D eigenvalue weighted by Crippen LogP contribution is 2.26. The van der Waals surface area contributed by atoms with Crippen LogP contribution in [0.3, 0.4) is 0 Å². The van der Waals surface area contributed by atoms with Crippen molar-refractivity contribution in [2.45, 2.75) is 20.0 Å². The SMILES string of the molecule is Cc1nc(COc2ccc(F)cc2)sc1C(=O)N1CC=C(c2ccc(F)cc2)CC1. The Labute approximate surface area is 177 Å². The second-order valence-electron chi connectivity index (χ2n) is 7.00. The fourth-order valence-corrected chi connectivity index (χ4v) is 4.26. The van der Waals surface area contributed by atoms with E-state index in [4.69, 9.17) is 4.74 Å². The van der Waals surface area contributed by atoms with Gasteiger partial charge in [0.05, 0.1) is 5.69 Å². The number of hydrogen-bond acceptors (Lipinski definition) is 4. The maximum absolute atomic E-state index is 13.1. The van der Waals surface area contributed by atoms with Crippen LogP contribution >= 0.6 is 11.3 Å². The Morgan fingerprint density at radius 1 is 1.10 bits per heavy atom. The molecule has 2 heterocycles. The van der Waals surface area contributed by atoms with Crippen LogP contribution in [-0.2, 0) is 6.61 Å². The Morgan fingerprint density at radius 2 is 1.77 bits per heavy atom. The number of carbonyl (C=O) groups is 1. The molecule has 0 radical (unpaired) electrons. The molecule has 0 saturated carbocycles. The lowest BCUT2D eigenvalue weighted by atomic mass is 9.99. The summed E-state index contributed by atoms with van der Waals surface area (Å²) in [5, 5.41) is 0.694. The van der Waals surface area contributed by atoms with Crippen molar-refractivity contribution >= 4 is 22.8 Å². The predicted molar refractivity (Wildman–Crippen MR) is 112 cm³/mol. The molecule has 0 spiro atoms. The van der Waals surface area contributed by atoms with Gasteiger partial charge in [-0.05, 0) is 60.9 Å². The maximum atomic E-state index is 13.1. The van der Waals surface area contributed by atoms with Gasteiger partial charge >= 0.3 is 0 Å². The van der Waals surface area contributed by atoms with E-state index in [9.17, 15) is 13.6 Å². The highest BCUT2D eigenvalue weighted by molar-refractivity contribution is 7.13. The van der Waals surface area contributed by atoms with Crippen LogP contribution in [0.25, 0.3) is 5.57 Å². The van der Waals surface area contributed by atoms with Gasteiger partial charge in [-0.3, -0.25) is 4.79 Å². The molecule has 7 heteroatoms. The summed E-state index contributed by atoms with van der Waals surface area (Å²) in [6.45, 7) is 3.14. The molecule has 3 aromatic rings. The second-order valence-corrected chi connectivity index (χ2v) is 8.09. The minimum absolute atomic E-state index is 0.0487. The van der Waals surface area contributed by atoms with Gasteiger partial charge in [-0.15, -0.1) is 11.3 Å². The predicted octanol–water partition coefficient (Wildman–Crippen LogP) is 5.24. The average molecular weight is 426 g/mol. The number of rotatable bonds is 5. The Kier molecular flexibility index (Phi) is 5.90. The van der Waals surface area contributed by atoms with Crippen LogP contribution in [0.1, 0.15) is 32.4 Å². The third-order valence-electron chi connectivity index (χ3n) is 4.92. The first-order valence-corrected chi connectivity index (χ1v) is 10.4. The van der Waals surface area contributed by atoms with E-state index in [1.165, 1.54) is 35.6 Å². The van der Waals surface area contributed by atoms with Crippen molar-refractivity contribution in [1.29, 1.82) is 0 Å². The van der Waals surface area contributed by atoms with Crippen LogP contribution in [0.5, 0.6) is 5.75 Å². The van der Waals surface area contributed by atoms with Crippen LogP contribution in [0.4, 0.5) is 8.78 Å². The average Bonchev–Trinajstić information content (AvgIpc) is 3.14. The van der Waals surface area contributed by atoms with Crippen molar-refractivity contribution in [2.75, 3.05) is 13.1 Å². The number of carbonyl (C=O) groups excluding carboxylic acids is 1. The first kappa shape index (κ1) is 20.2. The highest BCUT2D eigenvalue weighted by atomic mass is 32.1. The molecule has 1 amide bonds. The number of ether oxygens (including phenoxy) is 1. The Hall–Kier alpha value is -3.06. The summed E-state index contributed by atoms with van der Waals surface area (Å²) in [6.07, 6.45) is 2.74. The summed E-state index contributed by atoms with van der Waals surface area (Å²) in [6, 6.07) is 12.2. The van der Waals surface area contributed by atoms with Gasteiger partial charge in [0.15, 0.2) is 0 Å². The monoisotopic (exact) mass is 426 g/mol. The third-order valence-corrected chi connectivity index (χ3v) is 6.04. The minimum Gasteiger partial charge on any atom is -0.486 e. The molecule has 30 heavy (non-hydrogen) atoms. The highest BCUT2D eigenvalue weighted by Gasteiger charge is 2.23. The Balaban J connectivity index is 1.40. The number of amides is 1. The molecule has 0 bridgehead atoms. The van der Waals surface area contributed by atoms with Crippen molar-refractivity contribution in [1.82, 2.24) is 9.88 Å². The topological polar surface area (TPSA) is 42.4 Å². The van der Waals surface area contributed by atoms with E-state index in [2.05, 4.69) is 4.98 Å². The maximum Gasteiger partial charge on any atom is 0.266 e. The van der Waals surface area contributed by atoms with Crippen molar-refractivity contribution in [2.24, 2.45) is 0 Å². The van der Waals surface area contributed by atoms with Gasteiger partial charge < -0.3 is 9.64 Å². The summed E-state index contributed by atoms with van der Waals surface area (Å²) >= 11 is 1.32. The number of nitrogens with zero attached hydrogens (tertiary/aromatic N) is 2. The zero-order valence-corrected chi connectivity index (χ0v) is 17.2. The standard InChI is InChI=1S/C23H20F2N2O2S/c1-15-22(30-21(26-15)14-29-20-8-6-19(25)7-9-20)23(28)27-12-10-17(11-13-27)16-2-4-18(24)5-3-16/h2-10H,11-14H2,1H3. The number of hydrogen-bond donors (Lipinski definition) is 0. The van der Waals surface area contributed by atoms with Crippen LogP contribution in [0.15, 0.2) is 54.6 Å². The minimum atomic E-state index is -0.321. The van der Waals surface area contributed by atoms with Gasteiger partial charge in [0.1, 0.15) is 33.9 Å². The van der Waals surface area contributed by atoms with E-state index in [1.807, 2.05) is 13.0 Å². The lowest BCUT2D eigenvalue weighted by molar-refractivity contribution is 0.0776. The molecule has 1 aromatic heterocycles. The second kappa shape index (κ2) is 8.75. The lowest BCUT2D eigenvalue weighted by Gasteiger charge is -2.26. The number of aryl methyl sites for hydroxylation is 1. The largest absolute Gasteiger partial charge is 0.486 e. The molecule has 1 aliphatic heterocycles. The summed E-state index contributed by atoms with van der Waals surface area (Å²) in [5.74, 6) is -0.0793. The fourth-order valence-electron chi connectivity index (χ4n) is 3.31. The zero-order valence-electron chi connectivity index (χ0n) is 16.4. The first-order chi connectivity index (χ1) is 14.5.